The molecule has 0 amide bonds. The number of unbranched alkanes of at least 4 members (excludes halogenated alkanes) is 6. The molecule has 5 rings (SSSR count). The average Bonchev–Trinajstić information content (AvgIpc) is 3.59. The van der Waals surface area contributed by atoms with Crippen LogP contribution in [0.3, 0.4) is 0 Å². The fourth-order valence-electron chi connectivity index (χ4n) is 8.46. The molecule has 3 aliphatic rings. The van der Waals surface area contributed by atoms with Crippen molar-refractivity contribution in [3.05, 3.63) is 105 Å². The minimum Gasteiger partial charge on any atom is -0.466 e. The molecule has 0 fully saturated rings. The molecule has 0 N–H and O–H groups in total. The highest BCUT2D eigenvalue weighted by molar-refractivity contribution is 6.32. The van der Waals surface area contributed by atoms with Crippen molar-refractivity contribution < 1.29 is 19.1 Å². The van der Waals surface area contributed by atoms with Gasteiger partial charge in [-0.15, -0.1) is 0 Å². The van der Waals surface area contributed by atoms with Gasteiger partial charge in [-0.2, -0.15) is 0 Å². The molecule has 7 heteroatoms. The zero-order valence-electron chi connectivity index (χ0n) is 35.7. The Labute approximate surface area is 348 Å². The molecular formula is C50H67ClN2O4. The van der Waals surface area contributed by atoms with Crippen LogP contribution in [0.4, 0.5) is 11.4 Å². The first-order chi connectivity index (χ1) is 27.5. The molecule has 0 aromatic heterocycles. The standard InChI is InChI=1S/C50H67ClN2O4/c1-7-9-34-56-45(54)29-14-11-13-22-39(48-50(5,6)40-25-16-18-27-42(40)52-48)36-38-24-21-23-37(47(38)51)31-32-44-49(3,4)41-26-17-19-28-43(41)53(44)33-20-12-15-30-46(55)57-35-10-8-2/h16-19,25-28,31-32,36H,7-15,20-24,29-30,33-35H2,1-6H3. The van der Waals surface area contributed by atoms with Gasteiger partial charge in [-0.05, 0) is 110 Å². The number of hydrogen-bond acceptors (Lipinski definition) is 6. The second kappa shape index (κ2) is 21.2. The third-order valence-corrected chi connectivity index (χ3v) is 12.3. The Morgan fingerprint density at radius 3 is 2.02 bits per heavy atom. The third-order valence-electron chi connectivity index (χ3n) is 11.9. The Balaban J connectivity index is 1.35. The van der Waals surface area contributed by atoms with Crippen LogP contribution in [0.5, 0.6) is 0 Å². The molecule has 2 aromatic rings. The van der Waals surface area contributed by atoms with Crippen molar-refractivity contribution in [3.63, 3.8) is 0 Å². The van der Waals surface area contributed by atoms with Crippen LogP contribution in [0.2, 0.25) is 0 Å². The van der Waals surface area contributed by atoms with Crippen molar-refractivity contribution in [2.75, 3.05) is 24.7 Å². The molecular weight excluding hydrogens is 728 g/mol. The van der Waals surface area contributed by atoms with Gasteiger partial charge >= 0.3 is 11.9 Å². The number of anilines is 1. The fraction of sp³-hybridized carbons (Fsp3) is 0.540. The summed E-state index contributed by atoms with van der Waals surface area (Å²) < 4.78 is 10.8. The van der Waals surface area contributed by atoms with Crippen LogP contribution in [-0.2, 0) is 29.9 Å². The molecule has 2 aliphatic heterocycles. The van der Waals surface area contributed by atoms with E-state index >= 15 is 0 Å². The first-order valence-electron chi connectivity index (χ1n) is 21.9. The smallest absolute Gasteiger partial charge is 0.305 e. The van der Waals surface area contributed by atoms with Crippen LogP contribution in [0, 0.1) is 0 Å². The number of fused-ring (bicyclic) bond motifs is 2. The first kappa shape index (κ1) is 44.2. The average molecular weight is 796 g/mol. The lowest BCUT2D eigenvalue weighted by Gasteiger charge is -2.27. The van der Waals surface area contributed by atoms with E-state index in [4.69, 9.17) is 26.1 Å². The number of esters is 2. The summed E-state index contributed by atoms with van der Waals surface area (Å²) in [5.41, 5.74) is 10.5. The SMILES string of the molecule is CCCCOC(=O)CCCCCC(=CC1=C(Cl)C(=CC=C2N(CCCCCC(=O)OCCCC)c3ccccc3C2(C)C)CCC1)C1=Nc2ccccc2C1(C)C. The third kappa shape index (κ3) is 11.4. The van der Waals surface area contributed by atoms with Gasteiger partial charge in [0.05, 0.1) is 24.6 Å². The molecule has 0 bridgehead atoms. The van der Waals surface area contributed by atoms with Gasteiger partial charge in [-0.3, -0.25) is 14.6 Å². The van der Waals surface area contributed by atoms with Crippen LogP contribution in [0.25, 0.3) is 0 Å². The van der Waals surface area contributed by atoms with Gasteiger partial charge in [0.2, 0.25) is 0 Å². The monoisotopic (exact) mass is 794 g/mol. The number of allylic oxidation sites excluding steroid dienone is 8. The normalized spacial score (nSPS) is 18.5. The van der Waals surface area contributed by atoms with Gasteiger partial charge in [0, 0.05) is 46.6 Å². The minimum absolute atomic E-state index is 0.0798. The molecule has 6 nitrogen and oxygen atoms in total. The summed E-state index contributed by atoms with van der Waals surface area (Å²) in [6.07, 6.45) is 21.1. The Bertz CT molecular complexity index is 1860. The van der Waals surface area contributed by atoms with Gasteiger partial charge in [0.1, 0.15) is 0 Å². The van der Waals surface area contributed by atoms with Gasteiger partial charge in [-0.25, -0.2) is 0 Å². The lowest BCUT2D eigenvalue weighted by molar-refractivity contribution is -0.144. The second-order valence-corrected chi connectivity index (χ2v) is 17.4. The van der Waals surface area contributed by atoms with Crippen LogP contribution in [-0.4, -0.2) is 37.4 Å². The lowest BCUT2D eigenvalue weighted by atomic mass is 9.77. The van der Waals surface area contributed by atoms with Crippen molar-refractivity contribution in [1.29, 1.82) is 0 Å². The van der Waals surface area contributed by atoms with E-state index in [1.807, 2.05) is 0 Å². The highest BCUT2D eigenvalue weighted by Crippen LogP contribution is 2.48. The summed E-state index contributed by atoms with van der Waals surface area (Å²) in [5.74, 6) is -0.169. The van der Waals surface area contributed by atoms with Gasteiger partial charge in [-0.1, -0.05) is 127 Å². The summed E-state index contributed by atoms with van der Waals surface area (Å²) in [4.78, 5) is 32.1. The van der Waals surface area contributed by atoms with Crippen LogP contribution in [0.1, 0.15) is 155 Å². The van der Waals surface area contributed by atoms with Gasteiger partial charge in [0.25, 0.3) is 0 Å². The number of nitrogens with zero attached hydrogens (tertiary/aromatic N) is 2. The van der Waals surface area contributed by atoms with Crippen molar-refractivity contribution >= 4 is 40.6 Å². The molecule has 308 valence electrons. The topological polar surface area (TPSA) is 68.2 Å². The van der Waals surface area contributed by atoms with E-state index in [2.05, 4.69) is 113 Å². The first-order valence-corrected chi connectivity index (χ1v) is 22.2. The van der Waals surface area contributed by atoms with Gasteiger partial charge in [0.15, 0.2) is 0 Å². The Hall–Kier alpha value is -3.90. The van der Waals surface area contributed by atoms with E-state index in [1.54, 1.807) is 0 Å². The molecule has 2 aromatic carbocycles. The maximum absolute atomic E-state index is 12.2. The zero-order chi connectivity index (χ0) is 40.8. The molecule has 0 spiro atoms. The number of carbonyl (C=O) groups is 2. The maximum atomic E-state index is 12.2. The molecule has 2 heterocycles. The number of rotatable bonds is 21. The number of para-hydroxylation sites is 2. The summed E-state index contributed by atoms with van der Waals surface area (Å²) in [6.45, 7) is 15.3. The molecule has 1 aliphatic carbocycles. The quantitative estimate of drug-likeness (QED) is 0.0930. The number of carbonyl (C=O) groups excluding carboxylic acids is 2. The Morgan fingerprint density at radius 1 is 0.737 bits per heavy atom. The summed E-state index contributed by atoms with van der Waals surface area (Å²) in [7, 11) is 0. The largest absolute Gasteiger partial charge is 0.466 e. The molecule has 0 atom stereocenters. The highest BCUT2D eigenvalue weighted by Gasteiger charge is 2.40. The zero-order valence-corrected chi connectivity index (χ0v) is 36.4. The number of hydrogen-bond donors (Lipinski definition) is 0. The van der Waals surface area contributed by atoms with Crippen molar-refractivity contribution in [3.8, 4) is 0 Å². The number of benzene rings is 2. The Kier molecular flexibility index (Phi) is 16.4. The summed E-state index contributed by atoms with van der Waals surface area (Å²) >= 11 is 7.39. The van der Waals surface area contributed by atoms with E-state index in [0.717, 1.165) is 113 Å². The van der Waals surface area contributed by atoms with Crippen LogP contribution in [0.15, 0.2) is 99.2 Å². The Morgan fingerprint density at radius 2 is 1.35 bits per heavy atom. The van der Waals surface area contributed by atoms with Crippen molar-refractivity contribution in [2.45, 2.75) is 155 Å². The minimum atomic E-state index is -0.221. The van der Waals surface area contributed by atoms with E-state index in [9.17, 15) is 9.59 Å². The van der Waals surface area contributed by atoms with Gasteiger partial charge < -0.3 is 14.4 Å². The van der Waals surface area contributed by atoms with Crippen molar-refractivity contribution in [2.24, 2.45) is 4.99 Å². The molecule has 0 radical (unpaired) electrons. The highest BCUT2D eigenvalue weighted by atomic mass is 35.5. The van der Waals surface area contributed by atoms with Crippen LogP contribution < -0.4 is 4.90 Å². The lowest BCUT2D eigenvalue weighted by Crippen LogP contribution is -2.27. The van der Waals surface area contributed by atoms with Crippen LogP contribution >= 0.6 is 11.6 Å². The van der Waals surface area contributed by atoms with E-state index in [0.29, 0.717) is 26.1 Å². The molecule has 0 unspecified atom stereocenters. The van der Waals surface area contributed by atoms with E-state index in [1.165, 1.54) is 39.2 Å². The van der Waals surface area contributed by atoms with Crippen molar-refractivity contribution in [1.82, 2.24) is 0 Å². The number of halogens is 1. The predicted octanol–water partition coefficient (Wildman–Crippen LogP) is 13.5. The summed E-state index contributed by atoms with van der Waals surface area (Å²) in [6, 6.07) is 17.2. The molecule has 0 saturated heterocycles. The second-order valence-electron chi connectivity index (χ2n) is 17.0. The number of ether oxygens (including phenoxy) is 2. The van der Waals surface area contributed by atoms with E-state index < -0.39 is 0 Å². The fourth-order valence-corrected chi connectivity index (χ4v) is 8.77. The maximum Gasteiger partial charge on any atom is 0.305 e. The number of aliphatic imine (C=N–C) groups is 1. The molecule has 57 heavy (non-hydrogen) atoms. The molecule has 0 saturated carbocycles. The van der Waals surface area contributed by atoms with E-state index in [-0.39, 0.29) is 22.8 Å². The predicted molar refractivity (Wildman–Crippen MR) is 238 cm³/mol. The summed E-state index contributed by atoms with van der Waals surface area (Å²) in [5, 5.41) is 0.852.